The molecule has 46 heavy (non-hydrogen) atoms. The molecule has 0 aliphatic carbocycles. The van der Waals surface area contributed by atoms with Gasteiger partial charge in [-0.3, -0.25) is 4.79 Å². The van der Waals surface area contributed by atoms with E-state index in [-0.39, 0.29) is 19.4 Å². The first-order chi connectivity index (χ1) is 20.0. The Bertz CT molecular complexity index is 1080. The SMILES string of the molecule is COC(=O)[C@H](CCCCN)NC(=O)C(F)(F)OC(F)(F)CC(F)(F)C(F)(F)C(F)(F)C(F)(F)C(F)(F)C(F)(F)C(F)(F)C(F)(F)F. The Morgan fingerprint density at radius 2 is 1.02 bits per heavy atom. The number of nitrogens with two attached hydrogens (primary N) is 1. The summed E-state index contributed by atoms with van der Waals surface area (Å²) in [5.41, 5.74) is 5.10. The van der Waals surface area contributed by atoms with Gasteiger partial charge in [-0.05, 0) is 25.8 Å². The van der Waals surface area contributed by atoms with Crippen LogP contribution in [0.4, 0.5) is 92.2 Å². The molecule has 0 aromatic rings. The second kappa shape index (κ2) is 13.1. The van der Waals surface area contributed by atoms with Gasteiger partial charge in [0.1, 0.15) is 12.5 Å². The van der Waals surface area contributed by atoms with E-state index in [2.05, 4.69) is 9.47 Å². The van der Waals surface area contributed by atoms with E-state index in [0.29, 0.717) is 7.11 Å². The van der Waals surface area contributed by atoms with Crippen LogP contribution in [0.3, 0.4) is 0 Å². The lowest BCUT2D eigenvalue weighted by molar-refractivity contribution is -0.465. The second-order valence-corrected chi connectivity index (χ2v) is 8.92. The van der Waals surface area contributed by atoms with Crippen LogP contribution in [0, 0.1) is 0 Å². The lowest BCUT2D eigenvalue weighted by Crippen LogP contribution is -2.74. The number of carbonyl (C=O) groups excluding carboxylic acids is 2. The third-order valence-electron chi connectivity index (χ3n) is 5.49. The number of carbonyl (C=O) groups is 2. The molecule has 274 valence electrons. The molecule has 0 heterocycles. The second-order valence-electron chi connectivity index (χ2n) is 8.92. The fourth-order valence-electron chi connectivity index (χ4n) is 2.96. The smallest absolute Gasteiger partial charge is 0.460 e. The molecule has 0 unspecified atom stereocenters. The lowest BCUT2D eigenvalue weighted by atomic mass is 9.88. The standard InChI is InChI=1S/C19H17F21N2O4/c1-45-8(43)7(4-2-3-5-41)42-9(44)12(24,25)46-11(22,23)6-10(20,21)13(26,27)14(28,29)15(30,31)16(32,33)17(34,35)18(36,37)19(38,39)40/h7H,2-6,41H2,1H3,(H,42,44)/t7-/m0/s1. The minimum atomic E-state index is -9.10. The summed E-state index contributed by atoms with van der Waals surface area (Å²) in [7, 11) is 0.591. The maximum atomic E-state index is 13.9. The summed E-state index contributed by atoms with van der Waals surface area (Å²) in [6, 6.07) is -2.16. The summed E-state index contributed by atoms with van der Waals surface area (Å²) >= 11 is 0. The van der Waals surface area contributed by atoms with Crippen LogP contribution in [0.2, 0.25) is 0 Å². The van der Waals surface area contributed by atoms with Gasteiger partial charge in [0, 0.05) is 0 Å². The first-order valence-electron chi connectivity index (χ1n) is 11.2. The Morgan fingerprint density at radius 1 is 0.630 bits per heavy atom. The highest BCUT2D eigenvalue weighted by atomic mass is 19.4. The fourth-order valence-corrected chi connectivity index (χ4v) is 2.96. The van der Waals surface area contributed by atoms with Gasteiger partial charge in [-0.15, -0.1) is 0 Å². The number of nitrogens with one attached hydrogen (secondary N) is 1. The van der Waals surface area contributed by atoms with E-state index < -0.39 is 90.6 Å². The van der Waals surface area contributed by atoms with Crippen LogP contribution in [0.15, 0.2) is 0 Å². The maximum Gasteiger partial charge on any atom is 0.460 e. The van der Waals surface area contributed by atoms with Crippen LogP contribution < -0.4 is 11.1 Å². The van der Waals surface area contributed by atoms with E-state index in [4.69, 9.17) is 5.73 Å². The van der Waals surface area contributed by atoms with Crippen LogP contribution in [-0.4, -0.2) is 91.4 Å². The average molecular weight is 736 g/mol. The minimum Gasteiger partial charge on any atom is -0.467 e. The molecular weight excluding hydrogens is 719 g/mol. The van der Waals surface area contributed by atoms with Gasteiger partial charge in [-0.2, -0.15) is 92.2 Å². The van der Waals surface area contributed by atoms with Crippen molar-refractivity contribution in [2.45, 2.75) is 91.6 Å². The van der Waals surface area contributed by atoms with Crippen molar-refractivity contribution in [1.29, 1.82) is 0 Å². The van der Waals surface area contributed by atoms with Gasteiger partial charge in [-0.1, -0.05) is 0 Å². The molecule has 0 radical (unpaired) electrons. The van der Waals surface area contributed by atoms with Crippen molar-refractivity contribution in [2.24, 2.45) is 5.73 Å². The predicted octanol–water partition coefficient (Wildman–Crippen LogP) is 6.37. The summed E-state index contributed by atoms with van der Waals surface area (Å²) in [5, 5.41) is 0.967. The number of hydrogen-bond acceptors (Lipinski definition) is 5. The average Bonchev–Trinajstić information content (AvgIpc) is 2.84. The molecule has 0 aromatic heterocycles. The number of unbranched alkanes of at least 4 members (excludes halogenated alkanes) is 1. The predicted molar refractivity (Wildman–Crippen MR) is 103 cm³/mol. The van der Waals surface area contributed by atoms with Gasteiger partial charge < -0.3 is 15.8 Å². The number of ether oxygens (including phenoxy) is 2. The highest BCUT2D eigenvalue weighted by Gasteiger charge is 2.95. The normalized spacial score (nSPS) is 15.9. The number of halogens is 21. The van der Waals surface area contributed by atoms with E-state index in [1.54, 1.807) is 0 Å². The lowest BCUT2D eigenvalue weighted by Gasteiger charge is -2.43. The quantitative estimate of drug-likeness (QED) is 0.103. The Kier molecular flexibility index (Phi) is 12.4. The van der Waals surface area contributed by atoms with Crippen molar-refractivity contribution in [2.75, 3.05) is 13.7 Å². The Morgan fingerprint density at radius 3 is 1.39 bits per heavy atom. The zero-order chi connectivity index (χ0) is 37.4. The van der Waals surface area contributed by atoms with Crippen LogP contribution in [0.1, 0.15) is 25.7 Å². The monoisotopic (exact) mass is 736 g/mol. The van der Waals surface area contributed by atoms with Gasteiger partial charge in [0.05, 0.1) is 7.11 Å². The van der Waals surface area contributed by atoms with Gasteiger partial charge >= 0.3 is 71.7 Å². The number of rotatable bonds is 17. The first-order valence-corrected chi connectivity index (χ1v) is 11.2. The molecule has 0 aromatic carbocycles. The molecular formula is C19H17F21N2O4. The Labute approximate surface area is 240 Å². The zero-order valence-electron chi connectivity index (χ0n) is 21.8. The van der Waals surface area contributed by atoms with Gasteiger partial charge in [-0.25, -0.2) is 9.53 Å². The van der Waals surface area contributed by atoms with Crippen molar-refractivity contribution >= 4 is 11.9 Å². The molecule has 1 atom stereocenters. The molecule has 0 bridgehead atoms. The third kappa shape index (κ3) is 7.74. The topological polar surface area (TPSA) is 90.6 Å². The summed E-state index contributed by atoms with van der Waals surface area (Å²) in [6.45, 7) is -0.0999. The molecule has 3 N–H and O–H groups in total. The largest absolute Gasteiger partial charge is 0.467 e. The third-order valence-corrected chi connectivity index (χ3v) is 5.49. The van der Waals surface area contributed by atoms with E-state index in [1.807, 2.05) is 0 Å². The molecule has 0 aliphatic heterocycles. The molecule has 0 saturated heterocycles. The summed E-state index contributed by atoms with van der Waals surface area (Å²) in [4.78, 5) is 23.2. The zero-order valence-corrected chi connectivity index (χ0v) is 21.8. The molecule has 1 amide bonds. The first kappa shape index (κ1) is 43.4. The van der Waals surface area contributed by atoms with Crippen LogP contribution in [-0.2, 0) is 19.1 Å². The Balaban J connectivity index is 6.44. The summed E-state index contributed by atoms with van der Waals surface area (Å²) in [6.07, 6.45) is -26.6. The maximum absolute atomic E-state index is 13.9. The number of amides is 1. The molecule has 0 fully saturated rings. The number of methoxy groups -OCH3 is 1. The van der Waals surface area contributed by atoms with Crippen LogP contribution >= 0.6 is 0 Å². The molecule has 0 aliphatic rings. The van der Waals surface area contributed by atoms with Crippen molar-refractivity contribution in [3.8, 4) is 0 Å². The van der Waals surface area contributed by atoms with Gasteiger partial charge in [0.2, 0.25) is 0 Å². The highest BCUT2D eigenvalue weighted by molar-refractivity contribution is 5.87. The minimum absolute atomic E-state index is 0.0234. The summed E-state index contributed by atoms with van der Waals surface area (Å²) in [5.74, 6) is -65.6. The van der Waals surface area contributed by atoms with Crippen LogP contribution in [0.25, 0.3) is 0 Å². The molecule has 0 saturated carbocycles. The van der Waals surface area contributed by atoms with Gasteiger partial charge in [0.25, 0.3) is 0 Å². The number of hydrogen-bond donors (Lipinski definition) is 2. The Hall–Kier alpha value is -2.61. The van der Waals surface area contributed by atoms with Gasteiger partial charge in [0.15, 0.2) is 0 Å². The number of esters is 1. The van der Waals surface area contributed by atoms with E-state index in [0.717, 1.165) is 5.32 Å². The van der Waals surface area contributed by atoms with E-state index in [1.165, 1.54) is 0 Å². The number of alkyl halides is 21. The highest BCUT2D eigenvalue weighted by Crippen LogP contribution is 2.64. The molecule has 0 spiro atoms. The van der Waals surface area contributed by atoms with Crippen molar-refractivity contribution < 1.29 is 111 Å². The fraction of sp³-hybridized carbons (Fsp3) is 0.895. The molecule has 27 heteroatoms. The summed E-state index contributed by atoms with van der Waals surface area (Å²) < 4.78 is 287. The molecule has 0 rings (SSSR count). The van der Waals surface area contributed by atoms with E-state index >= 15 is 0 Å². The van der Waals surface area contributed by atoms with Crippen molar-refractivity contribution in [3.63, 3.8) is 0 Å². The van der Waals surface area contributed by atoms with Crippen molar-refractivity contribution in [1.82, 2.24) is 5.32 Å². The van der Waals surface area contributed by atoms with E-state index in [9.17, 15) is 102 Å². The van der Waals surface area contributed by atoms with Crippen LogP contribution in [0.5, 0.6) is 0 Å². The van der Waals surface area contributed by atoms with Crippen molar-refractivity contribution in [3.05, 3.63) is 0 Å². The molecule has 6 nitrogen and oxygen atoms in total.